The zero-order chi connectivity index (χ0) is 16.9. The van der Waals surface area contributed by atoms with E-state index in [0.29, 0.717) is 32.0 Å². The van der Waals surface area contributed by atoms with E-state index in [9.17, 15) is 13.2 Å². The van der Waals surface area contributed by atoms with Crippen molar-refractivity contribution in [1.29, 1.82) is 0 Å². The highest BCUT2D eigenvalue weighted by Crippen LogP contribution is 2.17. The Morgan fingerprint density at radius 3 is 2.70 bits per heavy atom. The molecule has 0 aromatic rings. The van der Waals surface area contributed by atoms with Crippen molar-refractivity contribution in [2.24, 2.45) is 11.8 Å². The fourth-order valence-corrected chi connectivity index (χ4v) is 4.99. The van der Waals surface area contributed by atoms with Gasteiger partial charge in [-0.1, -0.05) is 13.8 Å². The van der Waals surface area contributed by atoms with Crippen molar-refractivity contribution in [3.8, 4) is 0 Å². The number of urea groups is 1. The minimum absolute atomic E-state index is 0.0140. The molecule has 2 amide bonds. The van der Waals surface area contributed by atoms with Crippen molar-refractivity contribution < 1.29 is 17.9 Å². The molecule has 134 valence electrons. The molecule has 2 heterocycles. The summed E-state index contributed by atoms with van der Waals surface area (Å²) in [6, 6.07) is -0.251. The van der Waals surface area contributed by atoms with Gasteiger partial charge in [-0.3, -0.25) is 4.90 Å². The summed E-state index contributed by atoms with van der Waals surface area (Å²) in [7, 11) is -2.89. The Labute approximate surface area is 139 Å². The first-order valence-electron chi connectivity index (χ1n) is 8.40. The largest absolute Gasteiger partial charge is 0.374 e. The van der Waals surface area contributed by atoms with Crippen LogP contribution in [0.25, 0.3) is 0 Å². The van der Waals surface area contributed by atoms with Crippen molar-refractivity contribution in [3.63, 3.8) is 0 Å². The molecular formula is C15H29N3O4S. The maximum atomic E-state index is 11.8. The third-order valence-corrected chi connectivity index (χ3v) is 6.05. The van der Waals surface area contributed by atoms with E-state index >= 15 is 0 Å². The van der Waals surface area contributed by atoms with Crippen LogP contribution >= 0.6 is 0 Å². The summed E-state index contributed by atoms with van der Waals surface area (Å²) in [5.74, 6) is 1.08. The molecule has 7 nitrogen and oxygen atoms in total. The summed E-state index contributed by atoms with van der Waals surface area (Å²) in [6.07, 6.45) is 0.651. The van der Waals surface area contributed by atoms with Gasteiger partial charge in [0.2, 0.25) is 0 Å². The minimum atomic E-state index is -2.89. The van der Waals surface area contributed by atoms with Gasteiger partial charge < -0.3 is 15.4 Å². The zero-order valence-electron chi connectivity index (χ0n) is 14.1. The molecule has 0 saturated carbocycles. The molecule has 0 aliphatic carbocycles. The van der Waals surface area contributed by atoms with E-state index in [4.69, 9.17) is 4.74 Å². The zero-order valence-corrected chi connectivity index (χ0v) is 14.9. The molecule has 2 aliphatic rings. The molecule has 2 saturated heterocycles. The van der Waals surface area contributed by atoms with Gasteiger partial charge in [-0.25, -0.2) is 13.2 Å². The standard InChI is InChI=1S/C15H29N3O4S/c1-12(2)9-18-4-5-22-14(10-18)8-17-15(19)16-7-13-3-6-23(20,21)11-13/h12-14H,3-11H2,1-2H3,(H2,16,17,19)/t13-,14+/m0/s1. The Balaban J connectivity index is 1.62. The van der Waals surface area contributed by atoms with Crippen molar-refractivity contribution in [3.05, 3.63) is 0 Å². The molecule has 0 bridgehead atoms. The number of ether oxygens (including phenoxy) is 1. The second-order valence-electron chi connectivity index (χ2n) is 7.01. The van der Waals surface area contributed by atoms with Gasteiger partial charge in [0, 0.05) is 32.7 Å². The highest BCUT2D eigenvalue weighted by atomic mass is 32.2. The topological polar surface area (TPSA) is 87.7 Å². The first-order chi connectivity index (χ1) is 10.8. The lowest BCUT2D eigenvalue weighted by Crippen LogP contribution is -2.50. The molecule has 2 fully saturated rings. The summed E-state index contributed by atoms with van der Waals surface area (Å²) in [6.45, 7) is 8.79. The van der Waals surface area contributed by atoms with Gasteiger partial charge in [0.05, 0.1) is 24.2 Å². The summed E-state index contributed by atoms with van der Waals surface area (Å²) >= 11 is 0. The fraction of sp³-hybridized carbons (Fsp3) is 0.933. The maximum Gasteiger partial charge on any atom is 0.314 e. The van der Waals surface area contributed by atoms with Gasteiger partial charge in [0.25, 0.3) is 0 Å². The van der Waals surface area contributed by atoms with Crippen molar-refractivity contribution >= 4 is 15.9 Å². The van der Waals surface area contributed by atoms with Gasteiger partial charge in [0.15, 0.2) is 9.84 Å². The number of nitrogens with zero attached hydrogens (tertiary/aromatic N) is 1. The second-order valence-corrected chi connectivity index (χ2v) is 9.23. The highest BCUT2D eigenvalue weighted by molar-refractivity contribution is 7.91. The summed E-state index contributed by atoms with van der Waals surface area (Å²) in [5.41, 5.74) is 0. The Morgan fingerprint density at radius 1 is 1.30 bits per heavy atom. The molecule has 0 aromatic carbocycles. The summed E-state index contributed by atoms with van der Waals surface area (Å²) in [5, 5.41) is 5.58. The monoisotopic (exact) mass is 347 g/mol. The minimum Gasteiger partial charge on any atom is -0.374 e. The van der Waals surface area contributed by atoms with Crippen LogP contribution in [-0.2, 0) is 14.6 Å². The lowest BCUT2D eigenvalue weighted by Gasteiger charge is -2.33. The Kier molecular flexibility index (Phi) is 6.67. The number of morpholine rings is 1. The van der Waals surface area contributed by atoms with Crippen molar-refractivity contribution in [2.45, 2.75) is 26.4 Å². The third kappa shape index (κ3) is 6.64. The quantitative estimate of drug-likeness (QED) is 0.710. The number of carbonyl (C=O) groups excluding carboxylic acids is 1. The van der Waals surface area contributed by atoms with Crippen LogP contribution in [0.5, 0.6) is 0 Å². The summed E-state index contributed by atoms with van der Waals surface area (Å²) < 4.78 is 28.4. The van der Waals surface area contributed by atoms with Crippen molar-refractivity contribution in [2.75, 3.05) is 50.8 Å². The van der Waals surface area contributed by atoms with Gasteiger partial charge in [-0.05, 0) is 18.3 Å². The van der Waals surface area contributed by atoms with Crippen LogP contribution in [0.15, 0.2) is 0 Å². The highest BCUT2D eigenvalue weighted by Gasteiger charge is 2.28. The number of sulfone groups is 1. The predicted molar refractivity (Wildman–Crippen MR) is 89.2 cm³/mol. The smallest absolute Gasteiger partial charge is 0.314 e. The molecule has 0 radical (unpaired) electrons. The lowest BCUT2D eigenvalue weighted by atomic mass is 10.1. The van der Waals surface area contributed by atoms with Gasteiger partial charge in [-0.15, -0.1) is 0 Å². The predicted octanol–water partition coefficient (Wildman–Crippen LogP) is 0.0771. The third-order valence-electron chi connectivity index (χ3n) is 4.21. The van der Waals surface area contributed by atoms with E-state index in [1.807, 2.05) is 0 Å². The second kappa shape index (κ2) is 8.30. The number of nitrogens with one attached hydrogen (secondary N) is 2. The molecule has 2 atom stereocenters. The van der Waals surface area contributed by atoms with E-state index in [0.717, 1.165) is 19.6 Å². The van der Waals surface area contributed by atoms with Gasteiger partial charge in [-0.2, -0.15) is 0 Å². The SMILES string of the molecule is CC(C)CN1CCO[C@H](CNC(=O)NC[C@@H]2CCS(=O)(=O)C2)C1. The first kappa shape index (κ1) is 18.5. The molecule has 2 aliphatic heterocycles. The molecule has 2 rings (SSSR count). The molecular weight excluding hydrogens is 318 g/mol. The lowest BCUT2D eigenvalue weighted by molar-refractivity contribution is -0.0290. The molecule has 23 heavy (non-hydrogen) atoms. The van der Waals surface area contributed by atoms with Crippen LogP contribution in [0.1, 0.15) is 20.3 Å². The molecule has 2 N–H and O–H groups in total. The number of hydrogen-bond acceptors (Lipinski definition) is 5. The Morgan fingerprint density at radius 2 is 2.04 bits per heavy atom. The maximum absolute atomic E-state index is 11.8. The Hall–Kier alpha value is -0.860. The van der Waals surface area contributed by atoms with Crippen LogP contribution in [0.3, 0.4) is 0 Å². The number of amides is 2. The van der Waals surface area contributed by atoms with Crippen LogP contribution in [0.4, 0.5) is 4.79 Å². The van der Waals surface area contributed by atoms with E-state index < -0.39 is 9.84 Å². The number of rotatable bonds is 6. The van der Waals surface area contributed by atoms with E-state index in [1.165, 1.54) is 0 Å². The molecule has 0 spiro atoms. The number of carbonyl (C=O) groups is 1. The molecule has 8 heteroatoms. The first-order valence-corrected chi connectivity index (χ1v) is 10.2. The van der Waals surface area contributed by atoms with E-state index in [1.54, 1.807) is 0 Å². The Bertz CT molecular complexity index is 495. The van der Waals surface area contributed by atoms with E-state index in [-0.39, 0.29) is 29.6 Å². The van der Waals surface area contributed by atoms with Crippen LogP contribution in [0.2, 0.25) is 0 Å². The van der Waals surface area contributed by atoms with Crippen LogP contribution in [0, 0.1) is 11.8 Å². The van der Waals surface area contributed by atoms with Crippen LogP contribution in [-0.4, -0.2) is 76.3 Å². The summed E-state index contributed by atoms with van der Waals surface area (Å²) in [4.78, 5) is 14.2. The number of hydrogen-bond donors (Lipinski definition) is 2. The molecule has 0 unspecified atom stereocenters. The normalized spacial score (nSPS) is 28.0. The van der Waals surface area contributed by atoms with E-state index in [2.05, 4.69) is 29.4 Å². The van der Waals surface area contributed by atoms with Crippen LogP contribution < -0.4 is 10.6 Å². The average Bonchev–Trinajstić information content (AvgIpc) is 2.82. The van der Waals surface area contributed by atoms with Crippen molar-refractivity contribution in [1.82, 2.24) is 15.5 Å². The van der Waals surface area contributed by atoms with Gasteiger partial charge in [0.1, 0.15) is 0 Å². The molecule has 0 aromatic heterocycles. The fourth-order valence-electron chi connectivity index (χ4n) is 3.13. The average molecular weight is 347 g/mol. The van der Waals surface area contributed by atoms with Gasteiger partial charge >= 0.3 is 6.03 Å².